The third-order valence-corrected chi connectivity index (χ3v) is 3.18. The Balaban J connectivity index is 3.11. The SMILES string of the molecule is NC(=O)NS(=O)(=O)c1cccc(Br)c1. The Kier molecular flexibility index (Phi) is 3.12. The van der Waals surface area contributed by atoms with E-state index >= 15 is 0 Å². The molecule has 1 rings (SSSR count). The van der Waals surface area contributed by atoms with Gasteiger partial charge in [-0.1, -0.05) is 22.0 Å². The van der Waals surface area contributed by atoms with Crippen LogP contribution in [0.3, 0.4) is 0 Å². The number of nitrogens with one attached hydrogen (secondary N) is 1. The Hall–Kier alpha value is -1.08. The molecule has 0 fully saturated rings. The summed E-state index contributed by atoms with van der Waals surface area (Å²) in [5.41, 5.74) is 4.71. The number of hydrogen-bond donors (Lipinski definition) is 2. The number of sulfonamides is 1. The summed E-state index contributed by atoms with van der Waals surface area (Å²) in [5, 5.41) is 0. The van der Waals surface area contributed by atoms with Gasteiger partial charge >= 0.3 is 6.03 Å². The highest BCUT2D eigenvalue weighted by atomic mass is 79.9. The molecule has 0 aliphatic heterocycles. The summed E-state index contributed by atoms with van der Waals surface area (Å²) in [4.78, 5) is 10.4. The Labute approximate surface area is 89.5 Å². The number of primary amides is 1. The first kappa shape index (κ1) is 11.0. The van der Waals surface area contributed by atoms with Crippen molar-refractivity contribution >= 4 is 32.0 Å². The van der Waals surface area contributed by atoms with E-state index in [1.54, 1.807) is 16.9 Å². The lowest BCUT2D eigenvalue weighted by molar-refractivity contribution is 0.253. The predicted octanol–water partition coefficient (Wildman–Crippen LogP) is 0.806. The molecule has 0 saturated carbocycles. The van der Waals surface area contributed by atoms with Crippen LogP contribution >= 0.6 is 15.9 Å². The second-order valence-electron chi connectivity index (χ2n) is 2.43. The molecule has 1 aromatic rings. The van der Waals surface area contributed by atoms with E-state index in [0.29, 0.717) is 4.47 Å². The molecule has 0 aromatic heterocycles. The molecule has 5 nitrogen and oxygen atoms in total. The van der Waals surface area contributed by atoms with Crippen LogP contribution in [0.5, 0.6) is 0 Å². The van der Waals surface area contributed by atoms with E-state index in [1.165, 1.54) is 12.1 Å². The van der Waals surface area contributed by atoms with Gasteiger partial charge in [0.05, 0.1) is 4.90 Å². The molecule has 76 valence electrons. The van der Waals surface area contributed by atoms with Crippen LogP contribution in [-0.2, 0) is 10.0 Å². The second kappa shape index (κ2) is 3.97. The topological polar surface area (TPSA) is 89.3 Å². The van der Waals surface area contributed by atoms with Crippen LogP contribution in [-0.4, -0.2) is 14.4 Å². The summed E-state index contributed by atoms with van der Waals surface area (Å²) in [6.45, 7) is 0. The summed E-state index contributed by atoms with van der Waals surface area (Å²) in [6, 6.07) is 4.83. The van der Waals surface area contributed by atoms with Crippen molar-refractivity contribution in [3.8, 4) is 0 Å². The summed E-state index contributed by atoms with van der Waals surface area (Å²) in [5.74, 6) is 0. The molecular formula is C7H7BrN2O3S. The number of benzene rings is 1. The maximum absolute atomic E-state index is 11.4. The minimum absolute atomic E-state index is 0.0225. The van der Waals surface area contributed by atoms with Gasteiger partial charge < -0.3 is 5.73 Å². The molecule has 14 heavy (non-hydrogen) atoms. The fourth-order valence-corrected chi connectivity index (χ4v) is 2.30. The number of rotatable bonds is 2. The van der Waals surface area contributed by atoms with E-state index in [0.717, 1.165) is 0 Å². The molecule has 0 aliphatic carbocycles. The molecule has 7 heteroatoms. The van der Waals surface area contributed by atoms with Crippen molar-refractivity contribution in [2.45, 2.75) is 4.90 Å². The molecule has 0 radical (unpaired) electrons. The van der Waals surface area contributed by atoms with Crippen molar-refractivity contribution in [1.29, 1.82) is 0 Å². The number of halogens is 1. The highest BCUT2D eigenvalue weighted by Crippen LogP contribution is 2.15. The number of hydrogen-bond acceptors (Lipinski definition) is 3. The van der Waals surface area contributed by atoms with Crippen LogP contribution < -0.4 is 10.5 Å². The number of amides is 2. The van der Waals surface area contributed by atoms with Gasteiger partial charge in [-0.3, -0.25) is 0 Å². The molecule has 0 spiro atoms. The van der Waals surface area contributed by atoms with Crippen LogP contribution in [0.25, 0.3) is 0 Å². The van der Waals surface area contributed by atoms with Gasteiger partial charge in [-0.2, -0.15) is 0 Å². The molecule has 0 atom stereocenters. The summed E-state index contributed by atoms with van der Waals surface area (Å²) >= 11 is 3.11. The lowest BCUT2D eigenvalue weighted by Gasteiger charge is -2.03. The van der Waals surface area contributed by atoms with E-state index in [-0.39, 0.29) is 4.90 Å². The number of carbonyl (C=O) groups excluding carboxylic acids is 1. The van der Waals surface area contributed by atoms with Crippen LogP contribution in [0.4, 0.5) is 4.79 Å². The predicted molar refractivity (Wildman–Crippen MR) is 54.0 cm³/mol. The molecule has 0 bridgehead atoms. The highest BCUT2D eigenvalue weighted by molar-refractivity contribution is 9.10. The minimum Gasteiger partial charge on any atom is -0.351 e. The Morgan fingerprint density at radius 1 is 1.43 bits per heavy atom. The van der Waals surface area contributed by atoms with E-state index in [9.17, 15) is 13.2 Å². The standard InChI is InChI=1S/C7H7BrN2O3S/c8-5-2-1-3-6(4-5)14(12,13)10-7(9)11/h1-4H,(H3,9,10,11). The third-order valence-electron chi connectivity index (χ3n) is 1.34. The molecule has 1 aromatic carbocycles. The second-order valence-corrected chi connectivity index (χ2v) is 5.03. The summed E-state index contributed by atoms with van der Waals surface area (Å²) < 4.78 is 25.0. The van der Waals surface area contributed by atoms with Gasteiger partial charge in [0.15, 0.2) is 0 Å². The Morgan fingerprint density at radius 2 is 2.07 bits per heavy atom. The maximum atomic E-state index is 11.4. The van der Waals surface area contributed by atoms with Crippen LogP contribution in [0.15, 0.2) is 33.6 Å². The maximum Gasteiger partial charge on any atom is 0.326 e. The van der Waals surface area contributed by atoms with Crippen LogP contribution in [0.2, 0.25) is 0 Å². The van der Waals surface area contributed by atoms with Crippen molar-refractivity contribution in [3.05, 3.63) is 28.7 Å². The van der Waals surface area contributed by atoms with Crippen molar-refractivity contribution in [1.82, 2.24) is 4.72 Å². The zero-order chi connectivity index (χ0) is 10.8. The van der Waals surface area contributed by atoms with Gasteiger partial charge in [0.25, 0.3) is 10.0 Å². The van der Waals surface area contributed by atoms with Crippen molar-refractivity contribution < 1.29 is 13.2 Å². The fourth-order valence-electron chi connectivity index (χ4n) is 0.826. The molecule has 0 aliphatic rings. The third kappa shape index (κ3) is 2.71. The molecule has 0 saturated heterocycles. The minimum atomic E-state index is -3.84. The summed E-state index contributed by atoms with van der Waals surface area (Å²) in [6.07, 6.45) is 0. The lowest BCUT2D eigenvalue weighted by Crippen LogP contribution is -2.34. The number of carbonyl (C=O) groups is 1. The smallest absolute Gasteiger partial charge is 0.326 e. The van der Waals surface area contributed by atoms with Crippen molar-refractivity contribution in [2.24, 2.45) is 5.73 Å². The van der Waals surface area contributed by atoms with Crippen LogP contribution in [0, 0.1) is 0 Å². The lowest BCUT2D eigenvalue weighted by atomic mass is 10.4. The highest BCUT2D eigenvalue weighted by Gasteiger charge is 2.15. The average Bonchev–Trinajstić information content (AvgIpc) is 2.01. The van der Waals surface area contributed by atoms with Gasteiger partial charge in [0.2, 0.25) is 0 Å². The van der Waals surface area contributed by atoms with Crippen molar-refractivity contribution in [2.75, 3.05) is 0 Å². The van der Waals surface area contributed by atoms with E-state index < -0.39 is 16.1 Å². The first-order chi connectivity index (χ1) is 6.42. The first-order valence-electron chi connectivity index (χ1n) is 3.49. The van der Waals surface area contributed by atoms with E-state index in [2.05, 4.69) is 15.9 Å². The van der Waals surface area contributed by atoms with Gasteiger partial charge in [-0.15, -0.1) is 0 Å². The van der Waals surface area contributed by atoms with Gasteiger partial charge in [-0.25, -0.2) is 17.9 Å². The largest absolute Gasteiger partial charge is 0.351 e. The quantitative estimate of drug-likeness (QED) is 0.839. The number of nitrogens with two attached hydrogens (primary N) is 1. The number of urea groups is 1. The van der Waals surface area contributed by atoms with Crippen LogP contribution in [0.1, 0.15) is 0 Å². The van der Waals surface area contributed by atoms with E-state index in [4.69, 9.17) is 5.73 Å². The Bertz CT molecular complexity index is 458. The van der Waals surface area contributed by atoms with Gasteiger partial charge in [0, 0.05) is 4.47 Å². The average molecular weight is 279 g/mol. The zero-order valence-electron chi connectivity index (χ0n) is 6.90. The summed E-state index contributed by atoms with van der Waals surface area (Å²) in [7, 11) is -3.84. The zero-order valence-corrected chi connectivity index (χ0v) is 9.30. The van der Waals surface area contributed by atoms with Crippen molar-refractivity contribution in [3.63, 3.8) is 0 Å². The molecular weight excluding hydrogens is 272 g/mol. The monoisotopic (exact) mass is 278 g/mol. The first-order valence-corrected chi connectivity index (χ1v) is 5.77. The normalized spacial score (nSPS) is 10.9. The molecule has 3 N–H and O–H groups in total. The molecule has 2 amide bonds. The Morgan fingerprint density at radius 3 is 2.57 bits per heavy atom. The van der Waals surface area contributed by atoms with Gasteiger partial charge in [0.1, 0.15) is 0 Å². The van der Waals surface area contributed by atoms with E-state index in [1.807, 2.05) is 0 Å². The van der Waals surface area contributed by atoms with Gasteiger partial charge in [-0.05, 0) is 18.2 Å². The molecule has 0 heterocycles. The fraction of sp³-hybridized carbons (Fsp3) is 0. The molecule has 0 unspecified atom stereocenters.